The molecular weight excluding hydrogens is 328 g/mol. The van der Waals surface area contributed by atoms with Gasteiger partial charge in [-0.1, -0.05) is 6.42 Å². The zero-order chi connectivity index (χ0) is 17.9. The van der Waals surface area contributed by atoms with Crippen molar-refractivity contribution in [3.05, 3.63) is 42.0 Å². The first-order chi connectivity index (χ1) is 12.7. The van der Waals surface area contributed by atoms with Gasteiger partial charge in [-0.15, -0.1) is 0 Å². The van der Waals surface area contributed by atoms with Gasteiger partial charge in [0.1, 0.15) is 5.75 Å². The molecule has 2 amide bonds. The number of carbonyl (C=O) groups is 1. The number of fused-ring (bicyclic) bond motifs is 1. The van der Waals surface area contributed by atoms with Crippen LogP contribution in [0.3, 0.4) is 0 Å². The molecule has 1 aliphatic heterocycles. The number of H-pyrrole nitrogens is 1. The van der Waals surface area contributed by atoms with Gasteiger partial charge in [-0.2, -0.15) is 0 Å². The minimum absolute atomic E-state index is 0.0440. The summed E-state index contributed by atoms with van der Waals surface area (Å²) in [5.74, 6) is 1.90. The van der Waals surface area contributed by atoms with Gasteiger partial charge < -0.3 is 15.0 Å². The number of carbonyl (C=O) groups excluding carboxylic acids is 1. The highest BCUT2D eigenvalue weighted by Gasteiger charge is 2.27. The van der Waals surface area contributed by atoms with E-state index in [-0.39, 0.29) is 6.03 Å². The molecule has 2 heterocycles. The quantitative estimate of drug-likeness (QED) is 0.864. The Morgan fingerprint density at radius 3 is 2.96 bits per heavy atom. The van der Waals surface area contributed by atoms with Crippen LogP contribution in [0.25, 0.3) is 0 Å². The molecular formula is C20H26N4O2. The van der Waals surface area contributed by atoms with E-state index in [0.29, 0.717) is 11.8 Å². The van der Waals surface area contributed by atoms with E-state index in [1.807, 2.05) is 23.2 Å². The van der Waals surface area contributed by atoms with E-state index in [1.54, 1.807) is 13.4 Å². The number of aromatic nitrogens is 2. The van der Waals surface area contributed by atoms with E-state index >= 15 is 0 Å². The maximum Gasteiger partial charge on any atom is 0.321 e. The van der Waals surface area contributed by atoms with Gasteiger partial charge >= 0.3 is 6.03 Å². The lowest BCUT2D eigenvalue weighted by molar-refractivity contribution is 0.242. The zero-order valence-corrected chi connectivity index (χ0v) is 15.2. The van der Waals surface area contributed by atoms with Crippen molar-refractivity contribution < 1.29 is 9.53 Å². The highest BCUT2D eigenvalue weighted by molar-refractivity contribution is 5.92. The molecule has 2 N–H and O–H groups in total. The number of urea groups is 1. The minimum Gasteiger partial charge on any atom is -0.493 e. The fourth-order valence-electron chi connectivity index (χ4n) is 3.86. The van der Waals surface area contributed by atoms with Gasteiger partial charge in [0.2, 0.25) is 0 Å². The third-order valence-electron chi connectivity index (χ3n) is 5.60. The number of rotatable bonds is 5. The lowest BCUT2D eigenvalue weighted by Crippen LogP contribution is -2.42. The molecule has 26 heavy (non-hydrogen) atoms. The van der Waals surface area contributed by atoms with Crippen LogP contribution in [0, 0.1) is 5.92 Å². The van der Waals surface area contributed by atoms with Gasteiger partial charge in [0, 0.05) is 25.5 Å². The van der Waals surface area contributed by atoms with Crippen molar-refractivity contribution in [2.45, 2.75) is 38.0 Å². The molecule has 2 aliphatic rings. The summed E-state index contributed by atoms with van der Waals surface area (Å²) in [5.41, 5.74) is 3.19. The topological polar surface area (TPSA) is 70.2 Å². The van der Waals surface area contributed by atoms with Crippen LogP contribution in [0.5, 0.6) is 5.75 Å². The molecule has 4 rings (SSSR count). The van der Waals surface area contributed by atoms with E-state index in [1.165, 1.54) is 24.8 Å². The molecule has 6 nitrogen and oxygen atoms in total. The average Bonchev–Trinajstić information content (AvgIpc) is 3.13. The average molecular weight is 354 g/mol. The number of ether oxygens (including phenoxy) is 1. The number of imidazole rings is 1. The van der Waals surface area contributed by atoms with E-state index < -0.39 is 0 Å². The fourth-order valence-corrected chi connectivity index (χ4v) is 3.86. The Morgan fingerprint density at radius 2 is 2.27 bits per heavy atom. The minimum atomic E-state index is -0.0440. The van der Waals surface area contributed by atoms with Gasteiger partial charge in [-0.3, -0.25) is 4.90 Å². The molecule has 1 atom stereocenters. The van der Waals surface area contributed by atoms with Crippen LogP contribution in [-0.4, -0.2) is 36.2 Å². The van der Waals surface area contributed by atoms with Crippen molar-refractivity contribution in [1.29, 1.82) is 0 Å². The summed E-state index contributed by atoms with van der Waals surface area (Å²) in [5, 5.41) is 2.79. The summed E-state index contributed by atoms with van der Waals surface area (Å²) in [6.45, 7) is 1.51. The number of nitrogens with zero attached hydrogens (tertiary/aromatic N) is 2. The molecule has 138 valence electrons. The summed E-state index contributed by atoms with van der Waals surface area (Å²) in [6.07, 6.45) is 9.21. The highest BCUT2D eigenvalue weighted by Crippen LogP contribution is 2.38. The largest absolute Gasteiger partial charge is 0.493 e. The van der Waals surface area contributed by atoms with Gasteiger partial charge in [-0.05, 0) is 61.3 Å². The van der Waals surface area contributed by atoms with Gasteiger partial charge in [0.25, 0.3) is 0 Å². The first kappa shape index (κ1) is 16.9. The molecule has 1 saturated carbocycles. The molecule has 2 aromatic rings. The second kappa shape index (κ2) is 7.40. The Hall–Kier alpha value is -2.50. The Bertz CT molecular complexity index is 755. The van der Waals surface area contributed by atoms with Crippen molar-refractivity contribution in [1.82, 2.24) is 15.3 Å². The van der Waals surface area contributed by atoms with Crippen LogP contribution < -0.4 is 15.0 Å². The number of hydrogen-bond acceptors (Lipinski definition) is 3. The molecule has 1 aromatic carbocycles. The van der Waals surface area contributed by atoms with Gasteiger partial charge in [0.05, 0.1) is 18.6 Å². The Kier molecular flexibility index (Phi) is 4.82. The molecule has 0 saturated heterocycles. The fraction of sp³-hybridized carbons (Fsp3) is 0.500. The molecule has 0 bridgehead atoms. The van der Waals surface area contributed by atoms with Crippen LogP contribution in [0.15, 0.2) is 30.7 Å². The van der Waals surface area contributed by atoms with Crippen molar-refractivity contribution in [3.63, 3.8) is 0 Å². The van der Waals surface area contributed by atoms with Gasteiger partial charge in [0.15, 0.2) is 0 Å². The molecule has 1 aliphatic carbocycles. The highest BCUT2D eigenvalue weighted by atomic mass is 16.5. The van der Waals surface area contributed by atoms with Crippen LogP contribution in [0.2, 0.25) is 0 Å². The molecule has 1 fully saturated rings. The Labute approximate surface area is 154 Å². The number of amides is 2. The van der Waals surface area contributed by atoms with Crippen LogP contribution >= 0.6 is 0 Å². The van der Waals surface area contributed by atoms with E-state index in [4.69, 9.17) is 4.74 Å². The third-order valence-corrected chi connectivity index (χ3v) is 5.60. The van der Waals surface area contributed by atoms with E-state index in [2.05, 4.69) is 21.4 Å². The first-order valence-electron chi connectivity index (χ1n) is 9.48. The number of benzene rings is 1. The molecule has 1 unspecified atom stereocenters. The maximum atomic E-state index is 12.5. The maximum absolute atomic E-state index is 12.5. The molecule has 0 radical (unpaired) electrons. The van der Waals surface area contributed by atoms with Gasteiger partial charge in [-0.25, -0.2) is 9.78 Å². The van der Waals surface area contributed by atoms with E-state index in [0.717, 1.165) is 43.1 Å². The normalized spacial score (nSPS) is 19.2. The molecule has 6 heteroatoms. The SMILES string of the molecule is CNC(=O)N(CC1CCC1)c1ccc2c(c1)C(Cc1c[nH]cn1)CCO2. The summed E-state index contributed by atoms with van der Waals surface area (Å²) < 4.78 is 5.86. The van der Waals surface area contributed by atoms with Crippen molar-refractivity contribution >= 4 is 11.7 Å². The standard InChI is InChI=1S/C20H26N4O2/c1-21-20(25)24(12-14-3-2-4-14)17-5-6-19-18(10-17)15(7-8-26-19)9-16-11-22-13-23-16/h5-6,10-11,13-15H,2-4,7-9,12H2,1H3,(H,21,25)(H,22,23). The van der Waals surface area contributed by atoms with Crippen LogP contribution in [-0.2, 0) is 6.42 Å². The summed E-state index contributed by atoms with van der Waals surface area (Å²) >= 11 is 0. The monoisotopic (exact) mass is 354 g/mol. The first-order valence-corrected chi connectivity index (χ1v) is 9.48. The van der Waals surface area contributed by atoms with Crippen molar-refractivity contribution in [2.24, 2.45) is 5.92 Å². The van der Waals surface area contributed by atoms with E-state index in [9.17, 15) is 4.79 Å². The van der Waals surface area contributed by atoms with Crippen LogP contribution in [0.4, 0.5) is 10.5 Å². The molecule has 0 spiro atoms. The predicted molar refractivity (Wildman–Crippen MR) is 101 cm³/mol. The number of aromatic amines is 1. The summed E-state index contributed by atoms with van der Waals surface area (Å²) in [4.78, 5) is 21.7. The van der Waals surface area contributed by atoms with Crippen LogP contribution in [0.1, 0.15) is 42.9 Å². The second-order valence-electron chi connectivity index (χ2n) is 7.28. The zero-order valence-electron chi connectivity index (χ0n) is 15.2. The lowest BCUT2D eigenvalue weighted by atomic mass is 9.85. The summed E-state index contributed by atoms with van der Waals surface area (Å²) in [7, 11) is 1.69. The smallest absolute Gasteiger partial charge is 0.321 e. The number of anilines is 1. The second-order valence-corrected chi connectivity index (χ2v) is 7.28. The molecule has 1 aromatic heterocycles. The lowest BCUT2D eigenvalue weighted by Gasteiger charge is -2.33. The third kappa shape index (κ3) is 3.41. The predicted octanol–water partition coefficient (Wildman–Crippen LogP) is 3.46. The Morgan fingerprint density at radius 1 is 1.38 bits per heavy atom. The Balaban J connectivity index is 1.61. The number of hydrogen-bond donors (Lipinski definition) is 2. The van der Waals surface area contributed by atoms with Crippen molar-refractivity contribution in [3.8, 4) is 5.75 Å². The summed E-state index contributed by atoms with van der Waals surface area (Å²) in [6, 6.07) is 6.11. The number of nitrogens with one attached hydrogen (secondary N) is 2. The van der Waals surface area contributed by atoms with Crippen molar-refractivity contribution in [2.75, 3.05) is 25.1 Å².